The highest BCUT2D eigenvalue weighted by Gasteiger charge is 2.26. The Kier molecular flexibility index (Phi) is 15.9. The third kappa shape index (κ3) is 11.3. The van der Waals surface area contributed by atoms with Crippen molar-refractivity contribution >= 4 is 26.5 Å². The van der Waals surface area contributed by atoms with Crippen LogP contribution in [0.1, 0.15) is 114 Å². The molecule has 0 fully saturated rings. The van der Waals surface area contributed by atoms with Crippen LogP contribution in [-0.4, -0.2) is 49.3 Å². The fraction of sp³-hybridized carbons (Fsp3) is 0.526. The molecule has 1 amide bonds. The van der Waals surface area contributed by atoms with E-state index in [1.807, 2.05) is 0 Å². The number of unbranched alkanes of at least 4 members (excludes halogenated alkanes) is 13. The number of fused-ring (bicyclic) bond motifs is 1. The quantitative estimate of drug-likeness (QED) is 0.109. The maximum Gasteiger partial charge on any atom is 0.258 e. The zero-order valence-electron chi connectivity index (χ0n) is 27.8. The van der Waals surface area contributed by atoms with Crippen LogP contribution in [-0.2, 0) is 9.84 Å². The van der Waals surface area contributed by atoms with Crippen molar-refractivity contribution in [2.75, 3.05) is 18.9 Å². The average molecular weight is 649 g/mol. The molecule has 1 unspecified atom stereocenters. The first-order valence-corrected chi connectivity index (χ1v) is 18.8. The molecule has 1 N–H and O–H groups in total. The summed E-state index contributed by atoms with van der Waals surface area (Å²) in [7, 11) is -3.56. The second-order valence-electron chi connectivity index (χ2n) is 12.2. The summed E-state index contributed by atoms with van der Waals surface area (Å²) < 4.78 is 31.5. The van der Waals surface area contributed by atoms with Crippen LogP contribution < -0.4 is 4.74 Å². The Morgan fingerprint density at radius 1 is 0.826 bits per heavy atom. The van der Waals surface area contributed by atoms with Gasteiger partial charge in [-0.25, -0.2) is 8.42 Å². The molecular weight excluding hydrogens is 596 g/mol. The Morgan fingerprint density at radius 2 is 1.35 bits per heavy atom. The molecule has 3 rings (SSSR count). The fourth-order valence-corrected chi connectivity index (χ4v) is 6.90. The minimum atomic E-state index is -3.56. The van der Waals surface area contributed by atoms with Crippen LogP contribution in [0.5, 0.6) is 11.5 Å². The first-order valence-electron chi connectivity index (χ1n) is 17.2. The van der Waals surface area contributed by atoms with Gasteiger partial charge in [-0.1, -0.05) is 133 Å². The second kappa shape index (κ2) is 19.8. The molecule has 3 aromatic carbocycles. The summed E-state index contributed by atoms with van der Waals surface area (Å²) in [5, 5.41) is 21.9. The summed E-state index contributed by atoms with van der Waals surface area (Å²) in [6.07, 6.45) is 17.2. The number of carbonyl (C=O) groups excluding carboxylic acids is 1. The maximum absolute atomic E-state index is 13.8. The van der Waals surface area contributed by atoms with Gasteiger partial charge in [0.05, 0.1) is 22.3 Å². The molecule has 1 atom stereocenters. The predicted octanol–water partition coefficient (Wildman–Crippen LogP) is 9.23. The molecule has 7 nitrogen and oxygen atoms in total. The highest BCUT2D eigenvalue weighted by atomic mass is 32.2. The van der Waals surface area contributed by atoms with E-state index in [2.05, 4.69) is 13.0 Å². The summed E-state index contributed by atoms with van der Waals surface area (Å²) in [5.41, 5.74) is 0.0343. The lowest BCUT2D eigenvalue weighted by Gasteiger charge is -2.26. The monoisotopic (exact) mass is 648 g/mol. The zero-order chi connectivity index (χ0) is 33.2. The molecule has 0 aromatic heterocycles. The molecule has 250 valence electrons. The Labute approximate surface area is 276 Å². The number of hydrogen-bond acceptors (Lipinski definition) is 6. The van der Waals surface area contributed by atoms with Gasteiger partial charge in [0.1, 0.15) is 24.1 Å². The van der Waals surface area contributed by atoms with E-state index >= 15 is 0 Å². The maximum atomic E-state index is 13.8. The van der Waals surface area contributed by atoms with Crippen LogP contribution >= 0.6 is 0 Å². The molecule has 0 aliphatic rings. The average Bonchev–Trinajstić information content (AvgIpc) is 3.07. The lowest BCUT2D eigenvalue weighted by molar-refractivity contribution is 0.0721. The summed E-state index contributed by atoms with van der Waals surface area (Å²) in [4.78, 5) is 15.5. The van der Waals surface area contributed by atoms with Crippen LogP contribution in [0.3, 0.4) is 0 Å². The topological polar surface area (TPSA) is 108 Å². The standard InChI is InChI=1S/C38H52N2O5S/c1-3-4-5-6-7-8-9-10-11-12-13-14-15-21-26-40(31(2)30-39)38(42)35-29-36(33-24-19-20-25-34(33)37(35)41)45-27-28-46(43,44)32-22-17-16-18-23-32/h16-20,22-25,29,31,41H,3-15,21,26-28H2,1-2H3. The van der Waals surface area contributed by atoms with E-state index in [-0.39, 0.29) is 28.6 Å². The van der Waals surface area contributed by atoms with Crippen LogP contribution in [0, 0.1) is 11.3 Å². The largest absolute Gasteiger partial charge is 0.506 e. The van der Waals surface area contributed by atoms with E-state index in [4.69, 9.17) is 4.74 Å². The van der Waals surface area contributed by atoms with Crippen LogP contribution in [0.4, 0.5) is 0 Å². The smallest absolute Gasteiger partial charge is 0.258 e. The Bertz CT molecular complexity index is 1500. The summed E-state index contributed by atoms with van der Waals surface area (Å²) in [5.74, 6) is -0.567. The molecule has 0 spiro atoms. The third-order valence-electron chi connectivity index (χ3n) is 8.59. The highest BCUT2D eigenvalue weighted by Crippen LogP contribution is 2.37. The molecule has 0 heterocycles. The molecule has 46 heavy (non-hydrogen) atoms. The number of phenols is 1. The number of benzene rings is 3. The van der Waals surface area contributed by atoms with E-state index in [1.165, 1.54) is 81.6 Å². The highest BCUT2D eigenvalue weighted by molar-refractivity contribution is 7.91. The SMILES string of the molecule is CCCCCCCCCCCCCCCCN(C(=O)c1cc(OCCS(=O)(=O)c2ccccc2)c2ccccc2c1O)C(C)C#N. The number of carbonyl (C=O) groups is 1. The van der Waals surface area contributed by atoms with Gasteiger partial charge in [-0.15, -0.1) is 0 Å². The van der Waals surface area contributed by atoms with Gasteiger partial charge in [0.25, 0.3) is 5.91 Å². The van der Waals surface area contributed by atoms with Gasteiger partial charge >= 0.3 is 0 Å². The van der Waals surface area contributed by atoms with Crippen molar-refractivity contribution in [1.29, 1.82) is 5.26 Å². The summed E-state index contributed by atoms with van der Waals surface area (Å²) >= 11 is 0. The number of amides is 1. The van der Waals surface area contributed by atoms with Crippen LogP contribution in [0.15, 0.2) is 65.6 Å². The number of aromatic hydroxyl groups is 1. The number of nitrogens with zero attached hydrogens (tertiary/aromatic N) is 2. The minimum Gasteiger partial charge on any atom is -0.506 e. The van der Waals surface area contributed by atoms with Crippen molar-refractivity contribution in [3.05, 3.63) is 66.2 Å². The molecule has 8 heteroatoms. The van der Waals surface area contributed by atoms with Gasteiger partial charge in [-0.05, 0) is 31.5 Å². The number of rotatable bonds is 22. The van der Waals surface area contributed by atoms with Gasteiger partial charge in [0, 0.05) is 17.3 Å². The number of ether oxygens (including phenoxy) is 1. The third-order valence-corrected chi connectivity index (χ3v) is 10.3. The van der Waals surface area contributed by atoms with Crippen molar-refractivity contribution in [2.45, 2.75) is 115 Å². The first-order chi connectivity index (χ1) is 22.3. The number of phenolic OH excluding ortho intramolecular Hbond substituents is 1. The van der Waals surface area contributed by atoms with E-state index in [9.17, 15) is 23.6 Å². The van der Waals surface area contributed by atoms with Gasteiger partial charge < -0.3 is 14.7 Å². The van der Waals surface area contributed by atoms with E-state index in [0.717, 1.165) is 19.3 Å². The van der Waals surface area contributed by atoms with Gasteiger partial charge in [0.15, 0.2) is 9.84 Å². The summed E-state index contributed by atoms with van der Waals surface area (Å²) in [6, 6.07) is 18.2. The molecular formula is C38H52N2O5S. The summed E-state index contributed by atoms with van der Waals surface area (Å²) in [6.45, 7) is 4.22. The van der Waals surface area contributed by atoms with E-state index in [1.54, 1.807) is 61.5 Å². The first kappa shape index (κ1) is 36.9. The minimum absolute atomic E-state index is 0.0343. The molecule has 3 aromatic rings. The molecule has 0 aliphatic heterocycles. The van der Waals surface area contributed by atoms with Crippen molar-refractivity contribution in [3.63, 3.8) is 0 Å². The molecule has 0 bridgehead atoms. The van der Waals surface area contributed by atoms with Crippen molar-refractivity contribution in [2.24, 2.45) is 0 Å². The number of hydrogen-bond donors (Lipinski definition) is 1. The van der Waals surface area contributed by atoms with Crippen LogP contribution in [0.2, 0.25) is 0 Å². The van der Waals surface area contributed by atoms with E-state index in [0.29, 0.717) is 23.1 Å². The van der Waals surface area contributed by atoms with E-state index < -0.39 is 21.8 Å². The molecule has 0 saturated heterocycles. The Balaban J connectivity index is 1.56. The molecule has 0 saturated carbocycles. The lowest BCUT2D eigenvalue weighted by Crippen LogP contribution is -2.38. The van der Waals surface area contributed by atoms with Crippen molar-refractivity contribution in [3.8, 4) is 17.6 Å². The van der Waals surface area contributed by atoms with Crippen LogP contribution in [0.25, 0.3) is 10.8 Å². The number of nitriles is 1. The lowest BCUT2D eigenvalue weighted by atomic mass is 10.0. The van der Waals surface area contributed by atoms with Gasteiger partial charge in [0.2, 0.25) is 0 Å². The van der Waals surface area contributed by atoms with Gasteiger partial charge in [-0.3, -0.25) is 4.79 Å². The Hall–Kier alpha value is -3.57. The number of sulfone groups is 1. The van der Waals surface area contributed by atoms with Gasteiger partial charge in [-0.2, -0.15) is 5.26 Å². The zero-order valence-corrected chi connectivity index (χ0v) is 28.6. The predicted molar refractivity (Wildman–Crippen MR) is 186 cm³/mol. The Morgan fingerprint density at radius 3 is 1.91 bits per heavy atom. The van der Waals surface area contributed by atoms with Crippen molar-refractivity contribution in [1.82, 2.24) is 4.90 Å². The fourth-order valence-electron chi connectivity index (χ4n) is 5.79. The normalized spacial score (nSPS) is 12.1. The van der Waals surface area contributed by atoms with Crippen molar-refractivity contribution < 1.29 is 23.1 Å². The molecule has 0 radical (unpaired) electrons. The second-order valence-corrected chi connectivity index (χ2v) is 14.3. The molecule has 0 aliphatic carbocycles.